The topological polar surface area (TPSA) is 53.1 Å². The summed E-state index contributed by atoms with van der Waals surface area (Å²) in [5.41, 5.74) is 3.24. The number of piperidine rings is 1. The molecule has 2 aromatic rings. The predicted octanol–water partition coefficient (Wildman–Crippen LogP) is 3.78. The molecule has 0 N–H and O–H groups in total. The molecule has 0 atom stereocenters. The fourth-order valence-corrected chi connectivity index (χ4v) is 4.21. The van der Waals surface area contributed by atoms with Crippen molar-refractivity contribution in [2.75, 3.05) is 44.1 Å². The molecule has 4 rings (SSSR count). The number of methoxy groups -OCH3 is 1. The van der Waals surface area contributed by atoms with E-state index in [-0.39, 0.29) is 11.8 Å². The number of benzene rings is 2. The first-order valence-corrected chi connectivity index (χ1v) is 10.7. The van der Waals surface area contributed by atoms with Crippen LogP contribution < -0.4 is 14.5 Å². The summed E-state index contributed by atoms with van der Waals surface area (Å²) in [6.07, 6.45) is 2.02. The molecule has 1 fully saturated rings. The first-order valence-electron chi connectivity index (χ1n) is 10.7. The van der Waals surface area contributed by atoms with Gasteiger partial charge in [0.1, 0.15) is 11.4 Å². The fourth-order valence-electron chi connectivity index (χ4n) is 4.21. The number of anilines is 2. The molecule has 0 saturated carbocycles. The van der Waals surface area contributed by atoms with Crippen LogP contribution >= 0.6 is 0 Å². The normalized spacial score (nSPS) is 17.5. The van der Waals surface area contributed by atoms with Crippen LogP contribution in [-0.4, -0.2) is 51.0 Å². The summed E-state index contributed by atoms with van der Waals surface area (Å²) in [5.74, 6) is 0.812. The summed E-state index contributed by atoms with van der Waals surface area (Å²) < 4.78 is 5.27. The van der Waals surface area contributed by atoms with Gasteiger partial charge in [0.2, 0.25) is 0 Å². The molecule has 0 radical (unpaired) electrons. The molecule has 0 spiro atoms. The van der Waals surface area contributed by atoms with Crippen LogP contribution in [-0.2, 0) is 9.59 Å². The van der Waals surface area contributed by atoms with Crippen molar-refractivity contribution in [3.05, 3.63) is 59.8 Å². The van der Waals surface area contributed by atoms with Crippen LogP contribution in [0.5, 0.6) is 5.75 Å². The van der Waals surface area contributed by atoms with Gasteiger partial charge in [0, 0.05) is 32.9 Å². The van der Waals surface area contributed by atoms with Crippen LogP contribution in [0.15, 0.2) is 54.2 Å². The van der Waals surface area contributed by atoms with Crippen LogP contribution in [0.3, 0.4) is 0 Å². The van der Waals surface area contributed by atoms with Crippen molar-refractivity contribution in [3.8, 4) is 5.75 Å². The summed E-state index contributed by atoms with van der Waals surface area (Å²) in [7, 11) is 5.49. The first-order chi connectivity index (χ1) is 14.9. The molecule has 0 unspecified atom stereocenters. The molecule has 2 heterocycles. The number of nitrogens with zero attached hydrogens (tertiary/aromatic N) is 3. The Morgan fingerprint density at radius 3 is 2.26 bits per heavy atom. The molecule has 162 valence electrons. The van der Waals surface area contributed by atoms with Gasteiger partial charge >= 0.3 is 0 Å². The minimum absolute atomic E-state index is 0.249. The lowest BCUT2D eigenvalue weighted by Crippen LogP contribution is -2.38. The van der Waals surface area contributed by atoms with Crippen molar-refractivity contribution >= 4 is 28.8 Å². The van der Waals surface area contributed by atoms with Crippen LogP contribution in [0, 0.1) is 5.92 Å². The monoisotopic (exact) mass is 419 g/mol. The molecule has 31 heavy (non-hydrogen) atoms. The molecular weight excluding hydrogens is 390 g/mol. The highest BCUT2D eigenvalue weighted by molar-refractivity contribution is 6.45. The van der Waals surface area contributed by atoms with Gasteiger partial charge < -0.3 is 14.5 Å². The van der Waals surface area contributed by atoms with Crippen molar-refractivity contribution in [1.82, 2.24) is 4.90 Å². The molecule has 2 aromatic carbocycles. The summed E-state index contributed by atoms with van der Waals surface area (Å²) in [4.78, 5) is 32.7. The van der Waals surface area contributed by atoms with Crippen LogP contribution in [0.1, 0.15) is 25.3 Å². The van der Waals surface area contributed by atoms with Gasteiger partial charge in [-0.25, -0.2) is 4.90 Å². The van der Waals surface area contributed by atoms with E-state index < -0.39 is 0 Å². The third kappa shape index (κ3) is 3.90. The molecule has 2 aliphatic rings. The highest BCUT2D eigenvalue weighted by Crippen LogP contribution is 2.37. The van der Waals surface area contributed by atoms with E-state index in [2.05, 4.69) is 11.8 Å². The number of hydrogen-bond donors (Lipinski definition) is 0. The second kappa shape index (κ2) is 8.46. The lowest BCUT2D eigenvalue weighted by Gasteiger charge is -2.32. The first kappa shape index (κ1) is 21.0. The van der Waals surface area contributed by atoms with E-state index in [1.807, 2.05) is 67.5 Å². The Kier molecular flexibility index (Phi) is 5.72. The van der Waals surface area contributed by atoms with Gasteiger partial charge in [-0.15, -0.1) is 0 Å². The lowest BCUT2D eigenvalue weighted by atomic mass is 9.97. The number of carbonyl (C=O) groups excluding carboxylic acids is 2. The van der Waals surface area contributed by atoms with Gasteiger partial charge in [-0.05, 0) is 54.7 Å². The predicted molar refractivity (Wildman–Crippen MR) is 123 cm³/mol. The summed E-state index contributed by atoms with van der Waals surface area (Å²) in [6, 6.07) is 14.9. The Labute approximate surface area is 183 Å². The average molecular weight is 420 g/mol. The Morgan fingerprint density at radius 2 is 1.65 bits per heavy atom. The Balaban J connectivity index is 1.79. The maximum Gasteiger partial charge on any atom is 0.282 e. The zero-order valence-electron chi connectivity index (χ0n) is 18.6. The highest BCUT2D eigenvalue weighted by Gasteiger charge is 2.43. The SMILES string of the molecule is COc1ccc(C2=C(N3CCC(C)CC3)C(=O)N(c3cccc(N(C)C)c3)C2=O)cc1. The lowest BCUT2D eigenvalue weighted by molar-refractivity contribution is -0.120. The second-order valence-corrected chi connectivity index (χ2v) is 8.48. The Bertz CT molecular complexity index is 1020. The second-order valence-electron chi connectivity index (χ2n) is 8.48. The zero-order valence-corrected chi connectivity index (χ0v) is 18.6. The molecule has 2 amide bonds. The van der Waals surface area contributed by atoms with Gasteiger partial charge in [0.05, 0.1) is 18.4 Å². The standard InChI is InChI=1S/C25H29N3O3/c1-17-12-14-27(15-13-17)23-22(18-8-10-21(31-4)11-9-18)24(29)28(25(23)30)20-7-5-6-19(16-20)26(2)3/h5-11,16-17H,12-15H2,1-4H3. The molecule has 6 nitrogen and oxygen atoms in total. The van der Waals surface area contributed by atoms with Gasteiger partial charge in [0.15, 0.2) is 0 Å². The van der Waals surface area contributed by atoms with Crippen molar-refractivity contribution in [2.45, 2.75) is 19.8 Å². The summed E-state index contributed by atoms with van der Waals surface area (Å²) >= 11 is 0. The number of ether oxygens (including phenoxy) is 1. The molecular formula is C25H29N3O3. The smallest absolute Gasteiger partial charge is 0.282 e. The average Bonchev–Trinajstić information content (AvgIpc) is 3.04. The molecule has 6 heteroatoms. The van der Waals surface area contributed by atoms with Gasteiger partial charge in [0.25, 0.3) is 11.8 Å². The zero-order chi connectivity index (χ0) is 22.1. The third-order valence-corrected chi connectivity index (χ3v) is 6.14. The van der Waals surface area contributed by atoms with Gasteiger partial charge in [-0.3, -0.25) is 9.59 Å². The maximum absolute atomic E-state index is 13.7. The van der Waals surface area contributed by atoms with E-state index in [4.69, 9.17) is 4.74 Å². The van der Waals surface area contributed by atoms with E-state index in [0.29, 0.717) is 28.6 Å². The number of amides is 2. The number of rotatable bonds is 5. The number of likely N-dealkylation sites (tertiary alicyclic amines) is 1. The van der Waals surface area contributed by atoms with Gasteiger partial charge in [-0.1, -0.05) is 25.1 Å². The van der Waals surface area contributed by atoms with E-state index in [1.165, 1.54) is 4.90 Å². The Hall–Kier alpha value is -3.28. The van der Waals surface area contributed by atoms with Crippen molar-refractivity contribution < 1.29 is 14.3 Å². The number of carbonyl (C=O) groups is 2. The number of imide groups is 1. The maximum atomic E-state index is 13.7. The van der Waals surface area contributed by atoms with Crippen molar-refractivity contribution in [3.63, 3.8) is 0 Å². The largest absolute Gasteiger partial charge is 0.497 e. The van der Waals surface area contributed by atoms with Crippen molar-refractivity contribution in [2.24, 2.45) is 5.92 Å². The molecule has 0 aliphatic carbocycles. The fraction of sp³-hybridized carbons (Fsp3) is 0.360. The van der Waals surface area contributed by atoms with Crippen LogP contribution in [0.2, 0.25) is 0 Å². The summed E-state index contributed by atoms with van der Waals surface area (Å²) in [6.45, 7) is 3.79. The van der Waals surface area contributed by atoms with Crippen molar-refractivity contribution in [1.29, 1.82) is 0 Å². The van der Waals surface area contributed by atoms with E-state index in [9.17, 15) is 9.59 Å². The van der Waals surface area contributed by atoms with E-state index in [1.54, 1.807) is 7.11 Å². The Morgan fingerprint density at radius 1 is 0.968 bits per heavy atom. The molecule has 1 saturated heterocycles. The minimum Gasteiger partial charge on any atom is -0.497 e. The highest BCUT2D eigenvalue weighted by atomic mass is 16.5. The summed E-state index contributed by atoms with van der Waals surface area (Å²) in [5, 5.41) is 0. The molecule has 0 aromatic heterocycles. The molecule has 0 bridgehead atoms. The quantitative estimate of drug-likeness (QED) is 0.691. The van der Waals surface area contributed by atoms with E-state index >= 15 is 0 Å². The number of hydrogen-bond acceptors (Lipinski definition) is 5. The van der Waals surface area contributed by atoms with Crippen LogP contribution in [0.25, 0.3) is 5.57 Å². The van der Waals surface area contributed by atoms with Gasteiger partial charge in [-0.2, -0.15) is 0 Å². The van der Waals surface area contributed by atoms with Crippen LogP contribution in [0.4, 0.5) is 11.4 Å². The molecule has 2 aliphatic heterocycles. The van der Waals surface area contributed by atoms with E-state index in [0.717, 1.165) is 37.2 Å². The minimum atomic E-state index is -0.278. The third-order valence-electron chi connectivity index (χ3n) is 6.14.